The normalized spacial score (nSPS) is 21.5. The first-order valence-corrected chi connectivity index (χ1v) is 11.1. The molecule has 150 valence electrons. The molecule has 2 aromatic rings. The molecule has 1 aromatic carbocycles. The van der Waals surface area contributed by atoms with Gasteiger partial charge < -0.3 is 9.42 Å². The van der Waals surface area contributed by atoms with Gasteiger partial charge in [0.25, 0.3) is 0 Å². The van der Waals surface area contributed by atoms with Crippen LogP contribution < -0.4 is 0 Å². The fourth-order valence-electron chi connectivity index (χ4n) is 4.18. The number of piperidine rings is 1. The maximum atomic E-state index is 13.0. The van der Waals surface area contributed by atoms with Crippen molar-refractivity contribution in [2.45, 2.75) is 45.1 Å². The van der Waals surface area contributed by atoms with Crippen LogP contribution in [0.4, 0.5) is 0 Å². The van der Waals surface area contributed by atoms with Gasteiger partial charge in [0.05, 0.1) is 12.5 Å². The first-order valence-electron chi connectivity index (χ1n) is 10.3. The van der Waals surface area contributed by atoms with E-state index in [9.17, 15) is 4.79 Å². The molecule has 0 radical (unpaired) electrons. The van der Waals surface area contributed by atoms with Gasteiger partial charge in [-0.3, -0.25) is 9.69 Å². The van der Waals surface area contributed by atoms with Crippen molar-refractivity contribution in [3.8, 4) is 11.4 Å². The molecule has 1 aromatic heterocycles. The Morgan fingerprint density at radius 1 is 1.07 bits per heavy atom. The topological polar surface area (TPSA) is 62.5 Å². The van der Waals surface area contributed by atoms with Crippen LogP contribution >= 0.6 is 15.9 Å². The molecule has 0 saturated carbocycles. The number of benzene rings is 1. The van der Waals surface area contributed by atoms with Gasteiger partial charge in [0, 0.05) is 29.7 Å². The standard InChI is InChI=1S/C21H27BrN4O2/c22-18-9-7-16(8-10-18)20-23-19(28-24-20)15-25-11-5-6-17(14-25)21(27)26-12-3-1-2-4-13-26/h7-10,17H,1-6,11-15H2. The lowest BCUT2D eigenvalue weighted by atomic mass is 9.96. The summed E-state index contributed by atoms with van der Waals surface area (Å²) < 4.78 is 6.49. The minimum absolute atomic E-state index is 0.0979. The van der Waals surface area contributed by atoms with Gasteiger partial charge in [-0.15, -0.1) is 0 Å². The van der Waals surface area contributed by atoms with E-state index in [1.54, 1.807) is 0 Å². The summed E-state index contributed by atoms with van der Waals surface area (Å²) >= 11 is 3.44. The van der Waals surface area contributed by atoms with Crippen molar-refractivity contribution in [3.05, 3.63) is 34.6 Å². The van der Waals surface area contributed by atoms with Crippen LogP contribution in [0.15, 0.2) is 33.3 Å². The zero-order chi connectivity index (χ0) is 19.3. The van der Waals surface area contributed by atoms with E-state index < -0.39 is 0 Å². The minimum Gasteiger partial charge on any atom is -0.342 e. The van der Waals surface area contributed by atoms with Crippen LogP contribution in [0.2, 0.25) is 0 Å². The number of halogens is 1. The average molecular weight is 447 g/mol. The second kappa shape index (κ2) is 9.18. The molecule has 0 N–H and O–H groups in total. The largest absolute Gasteiger partial charge is 0.342 e. The summed E-state index contributed by atoms with van der Waals surface area (Å²) in [6.45, 7) is 4.21. The lowest BCUT2D eigenvalue weighted by Crippen LogP contribution is -2.44. The quantitative estimate of drug-likeness (QED) is 0.706. The monoisotopic (exact) mass is 446 g/mol. The van der Waals surface area contributed by atoms with Crippen LogP contribution in [0, 0.1) is 5.92 Å². The van der Waals surface area contributed by atoms with E-state index >= 15 is 0 Å². The number of hydrogen-bond acceptors (Lipinski definition) is 5. The highest BCUT2D eigenvalue weighted by molar-refractivity contribution is 9.10. The third kappa shape index (κ3) is 4.81. The van der Waals surface area contributed by atoms with Gasteiger partial charge >= 0.3 is 0 Å². The van der Waals surface area contributed by atoms with Crippen molar-refractivity contribution >= 4 is 21.8 Å². The minimum atomic E-state index is 0.0979. The first kappa shape index (κ1) is 19.6. The maximum Gasteiger partial charge on any atom is 0.241 e. The van der Waals surface area contributed by atoms with Gasteiger partial charge in [0.15, 0.2) is 0 Å². The Balaban J connectivity index is 1.36. The molecule has 6 nitrogen and oxygen atoms in total. The van der Waals surface area contributed by atoms with Gasteiger partial charge in [-0.1, -0.05) is 33.9 Å². The zero-order valence-electron chi connectivity index (χ0n) is 16.1. The molecule has 7 heteroatoms. The number of rotatable bonds is 4. The Kier molecular flexibility index (Phi) is 6.42. The summed E-state index contributed by atoms with van der Waals surface area (Å²) in [5.41, 5.74) is 0.936. The molecule has 0 spiro atoms. The van der Waals surface area contributed by atoms with Crippen LogP contribution in [-0.2, 0) is 11.3 Å². The van der Waals surface area contributed by atoms with Crippen molar-refractivity contribution in [1.29, 1.82) is 0 Å². The highest BCUT2D eigenvalue weighted by atomic mass is 79.9. The van der Waals surface area contributed by atoms with E-state index in [0.29, 0.717) is 24.2 Å². The van der Waals surface area contributed by atoms with E-state index in [1.165, 1.54) is 12.8 Å². The molecule has 1 unspecified atom stereocenters. The van der Waals surface area contributed by atoms with E-state index in [1.807, 2.05) is 24.3 Å². The molecule has 1 atom stereocenters. The average Bonchev–Trinajstić information content (AvgIpc) is 3.00. The molecule has 2 fully saturated rings. The van der Waals surface area contributed by atoms with E-state index in [-0.39, 0.29) is 5.92 Å². The molecule has 2 aliphatic heterocycles. The van der Waals surface area contributed by atoms with Crippen LogP contribution in [0.3, 0.4) is 0 Å². The third-order valence-corrected chi connectivity index (χ3v) is 6.23. The molecule has 4 rings (SSSR count). The van der Waals surface area contributed by atoms with Crippen LogP contribution in [0.1, 0.15) is 44.4 Å². The van der Waals surface area contributed by atoms with Gasteiger partial charge in [-0.25, -0.2) is 0 Å². The lowest BCUT2D eigenvalue weighted by Gasteiger charge is -2.34. The molecule has 0 bridgehead atoms. The summed E-state index contributed by atoms with van der Waals surface area (Å²) in [4.78, 5) is 21.9. The highest BCUT2D eigenvalue weighted by Crippen LogP contribution is 2.23. The third-order valence-electron chi connectivity index (χ3n) is 5.70. The fourth-order valence-corrected chi connectivity index (χ4v) is 4.44. The van der Waals surface area contributed by atoms with E-state index in [4.69, 9.17) is 4.52 Å². The van der Waals surface area contributed by atoms with E-state index in [0.717, 1.165) is 61.9 Å². The zero-order valence-corrected chi connectivity index (χ0v) is 17.7. The summed E-state index contributed by atoms with van der Waals surface area (Å²) in [6, 6.07) is 7.87. The Morgan fingerprint density at radius 3 is 2.57 bits per heavy atom. The van der Waals surface area contributed by atoms with Gasteiger partial charge in [-0.2, -0.15) is 4.98 Å². The van der Waals surface area contributed by atoms with Gasteiger partial charge in [0.2, 0.25) is 17.6 Å². The number of carbonyl (C=O) groups excluding carboxylic acids is 1. The first-order chi connectivity index (χ1) is 13.7. The second-order valence-corrected chi connectivity index (χ2v) is 8.75. The Morgan fingerprint density at radius 2 is 1.82 bits per heavy atom. The van der Waals surface area contributed by atoms with Gasteiger partial charge in [0.1, 0.15) is 0 Å². The van der Waals surface area contributed by atoms with Crippen LogP contribution in [0.25, 0.3) is 11.4 Å². The molecular formula is C21H27BrN4O2. The van der Waals surface area contributed by atoms with Crippen molar-refractivity contribution in [2.75, 3.05) is 26.2 Å². The lowest BCUT2D eigenvalue weighted by molar-refractivity contribution is -0.137. The molecule has 2 saturated heterocycles. The SMILES string of the molecule is O=C(C1CCCN(Cc2nc(-c3ccc(Br)cc3)no2)C1)N1CCCCCC1. The summed E-state index contributed by atoms with van der Waals surface area (Å²) in [7, 11) is 0. The summed E-state index contributed by atoms with van der Waals surface area (Å²) in [5, 5.41) is 4.12. The molecule has 28 heavy (non-hydrogen) atoms. The van der Waals surface area contributed by atoms with Crippen molar-refractivity contribution < 1.29 is 9.32 Å². The molecule has 0 aliphatic carbocycles. The fraction of sp³-hybridized carbons (Fsp3) is 0.571. The highest BCUT2D eigenvalue weighted by Gasteiger charge is 2.30. The van der Waals surface area contributed by atoms with Crippen molar-refractivity contribution in [2.24, 2.45) is 5.92 Å². The predicted molar refractivity (Wildman–Crippen MR) is 110 cm³/mol. The van der Waals surface area contributed by atoms with Crippen LogP contribution in [-0.4, -0.2) is 52.0 Å². The summed E-state index contributed by atoms with van der Waals surface area (Å²) in [5.74, 6) is 1.66. The van der Waals surface area contributed by atoms with Gasteiger partial charge in [-0.05, 0) is 56.5 Å². The number of nitrogens with zero attached hydrogens (tertiary/aromatic N) is 4. The number of carbonyl (C=O) groups is 1. The molecule has 3 heterocycles. The van der Waals surface area contributed by atoms with Crippen molar-refractivity contribution in [3.63, 3.8) is 0 Å². The smallest absolute Gasteiger partial charge is 0.241 e. The number of likely N-dealkylation sites (tertiary alicyclic amines) is 2. The summed E-state index contributed by atoms with van der Waals surface area (Å²) in [6.07, 6.45) is 6.81. The number of amides is 1. The number of hydrogen-bond donors (Lipinski definition) is 0. The second-order valence-electron chi connectivity index (χ2n) is 7.83. The van der Waals surface area contributed by atoms with Crippen molar-refractivity contribution in [1.82, 2.24) is 19.9 Å². The Bertz CT molecular complexity index is 784. The van der Waals surface area contributed by atoms with E-state index in [2.05, 4.69) is 35.9 Å². The molecular weight excluding hydrogens is 420 g/mol. The Hall–Kier alpha value is -1.73. The maximum absolute atomic E-state index is 13.0. The van der Waals surface area contributed by atoms with Crippen LogP contribution in [0.5, 0.6) is 0 Å². The number of aromatic nitrogens is 2. The predicted octanol–water partition coefficient (Wildman–Crippen LogP) is 4.11. The Labute approximate surface area is 174 Å². The molecule has 2 aliphatic rings. The molecule has 1 amide bonds.